The van der Waals surface area contributed by atoms with Crippen molar-refractivity contribution in [2.45, 2.75) is 25.8 Å². The summed E-state index contributed by atoms with van der Waals surface area (Å²) in [4.78, 5) is 31.4. The highest BCUT2D eigenvalue weighted by molar-refractivity contribution is 5.94. The molecule has 3 aromatic rings. The third-order valence-electron chi connectivity index (χ3n) is 4.53. The van der Waals surface area contributed by atoms with Gasteiger partial charge in [0.15, 0.2) is 0 Å². The summed E-state index contributed by atoms with van der Waals surface area (Å²) in [5, 5.41) is 6.82. The number of aromatic amines is 1. The Labute approximate surface area is 150 Å². The number of rotatable bonds is 5. The van der Waals surface area contributed by atoms with Crippen LogP contribution in [-0.2, 0) is 4.79 Å². The first-order valence-electron chi connectivity index (χ1n) is 8.76. The molecule has 1 atom stereocenters. The van der Waals surface area contributed by atoms with Crippen LogP contribution in [-0.4, -0.2) is 15.9 Å². The average Bonchev–Trinajstić information content (AvgIpc) is 3.48. The molecule has 26 heavy (non-hydrogen) atoms. The van der Waals surface area contributed by atoms with Gasteiger partial charge in [0.05, 0.1) is 16.9 Å². The van der Waals surface area contributed by atoms with Crippen LogP contribution in [0.2, 0.25) is 0 Å². The maximum absolute atomic E-state index is 12.2. The van der Waals surface area contributed by atoms with E-state index < -0.39 is 0 Å². The fraction of sp³-hybridized carbons (Fsp3) is 0.250. The van der Waals surface area contributed by atoms with Gasteiger partial charge < -0.3 is 15.6 Å². The SMILES string of the molecule is C[C@@H](Nc1ccc(NC(=O)C2CC2)cc1)c1nc2ccccc2c(=O)[nH]1. The maximum Gasteiger partial charge on any atom is 0.258 e. The van der Waals surface area contributed by atoms with Crippen LogP contribution < -0.4 is 16.2 Å². The third-order valence-corrected chi connectivity index (χ3v) is 4.53. The number of nitrogens with one attached hydrogen (secondary N) is 3. The van der Waals surface area contributed by atoms with E-state index in [2.05, 4.69) is 20.6 Å². The number of carbonyl (C=O) groups is 1. The minimum absolute atomic E-state index is 0.0945. The van der Waals surface area contributed by atoms with Crippen molar-refractivity contribution in [3.05, 3.63) is 64.7 Å². The summed E-state index contributed by atoms with van der Waals surface area (Å²) in [6.07, 6.45) is 1.97. The molecule has 132 valence electrons. The van der Waals surface area contributed by atoms with Crippen LogP contribution >= 0.6 is 0 Å². The van der Waals surface area contributed by atoms with Crippen LogP contribution in [0, 0.1) is 5.92 Å². The van der Waals surface area contributed by atoms with E-state index in [9.17, 15) is 9.59 Å². The number of carbonyl (C=O) groups excluding carboxylic acids is 1. The first-order valence-corrected chi connectivity index (χ1v) is 8.76. The number of H-pyrrole nitrogens is 1. The third kappa shape index (κ3) is 3.44. The standard InChI is InChI=1S/C20H20N4O2/c1-12(18-23-17-5-3-2-4-16(17)20(26)24-18)21-14-8-10-15(11-9-14)22-19(25)13-6-7-13/h2-5,8-13,21H,6-7H2,1H3,(H,22,25)(H,23,24,26)/t12-/m1/s1. The van der Waals surface area contributed by atoms with Crippen LogP contribution in [0.25, 0.3) is 10.9 Å². The van der Waals surface area contributed by atoms with Crippen molar-refractivity contribution < 1.29 is 4.79 Å². The van der Waals surface area contributed by atoms with Gasteiger partial charge in [0.1, 0.15) is 5.82 Å². The van der Waals surface area contributed by atoms with Crippen LogP contribution in [0.3, 0.4) is 0 Å². The topological polar surface area (TPSA) is 86.9 Å². The monoisotopic (exact) mass is 348 g/mol. The van der Waals surface area contributed by atoms with Crippen molar-refractivity contribution in [1.82, 2.24) is 9.97 Å². The van der Waals surface area contributed by atoms with Crippen molar-refractivity contribution in [2.75, 3.05) is 10.6 Å². The molecule has 1 saturated carbocycles. The van der Waals surface area contributed by atoms with Gasteiger partial charge in [-0.3, -0.25) is 9.59 Å². The average molecular weight is 348 g/mol. The number of benzene rings is 2. The molecule has 0 bridgehead atoms. The second-order valence-corrected chi connectivity index (χ2v) is 6.68. The molecule has 0 unspecified atom stereocenters. The lowest BCUT2D eigenvalue weighted by Gasteiger charge is -2.15. The molecule has 0 saturated heterocycles. The molecule has 1 fully saturated rings. The molecule has 6 nitrogen and oxygen atoms in total. The normalized spacial score (nSPS) is 14.8. The van der Waals surface area contributed by atoms with E-state index in [4.69, 9.17) is 0 Å². The van der Waals surface area contributed by atoms with Crippen molar-refractivity contribution in [3.63, 3.8) is 0 Å². The fourth-order valence-corrected chi connectivity index (χ4v) is 2.87. The molecule has 3 N–H and O–H groups in total. The van der Waals surface area contributed by atoms with Crippen molar-refractivity contribution in [2.24, 2.45) is 5.92 Å². The molecule has 1 amide bonds. The zero-order chi connectivity index (χ0) is 18.1. The largest absolute Gasteiger partial charge is 0.375 e. The lowest BCUT2D eigenvalue weighted by atomic mass is 10.2. The minimum Gasteiger partial charge on any atom is -0.375 e. The van der Waals surface area contributed by atoms with E-state index in [0.717, 1.165) is 24.2 Å². The Kier molecular flexibility index (Phi) is 4.16. The van der Waals surface area contributed by atoms with E-state index in [1.807, 2.05) is 49.4 Å². The fourth-order valence-electron chi connectivity index (χ4n) is 2.87. The van der Waals surface area contributed by atoms with Crippen molar-refractivity contribution in [3.8, 4) is 0 Å². The predicted molar refractivity (Wildman–Crippen MR) is 102 cm³/mol. The summed E-state index contributed by atoms with van der Waals surface area (Å²) in [7, 11) is 0. The van der Waals surface area contributed by atoms with E-state index in [0.29, 0.717) is 16.7 Å². The number of hydrogen-bond donors (Lipinski definition) is 3. The summed E-state index contributed by atoms with van der Waals surface area (Å²) in [6.45, 7) is 1.94. The minimum atomic E-state index is -0.167. The van der Waals surface area contributed by atoms with Crippen molar-refractivity contribution >= 4 is 28.2 Å². The van der Waals surface area contributed by atoms with Gasteiger partial charge in [0.2, 0.25) is 5.91 Å². The van der Waals surface area contributed by atoms with Crippen LogP contribution in [0.5, 0.6) is 0 Å². The number of aromatic nitrogens is 2. The van der Waals surface area contributed by atoms with Gasteiger partial charge in [0, 0.05) is 17.3 Å². The zero-order valence-electron chi connectivity index (χ0n) is 14.5. The summed E-state index contributed by atoms with van der Waals surface area (Å²) < 4.78 is 0. The van der Waals surface area contributed by atoms with Gasteiger partial charge in [-0.05, 0) is 56.2 Å². The molecule has 0 aliphatic heterocycles. The number of anilines is 2. The Morgan fingerprint density at radius 2 is 1.81 bits per heavy atom. The highest BCUT2D eigenvalue weighted by atomic mass is 16.2. The molecule has 1 aliphatic rings. The molecule has 0 spiro atoms. The first-order chi connectivity index (χ1) is 12.6. The Hall–Kier alpha value is -3.15. The summed E-state index contributed by atoms with van der Waals surface area (Å²) >= 11 is 0. The molecular formula is C20H20N4O2. The Morgan fingerprint density at radius 1 is 1.12 bits per heavy atom. The van der Waals surface area contributed by atoms with Gasteiger partial charge in [-0.1, -0.05) is 12.1 Å². The molecule has 1 heterocycles. The van der Waals surface area contributed by atoms with Gasteiger partial charge in [0.25, 0.3) is 5.56 Å². The van der Waals surface area contributed by atoms with Crippen LogP contribution in [0.4, 0.5) is 11.4 Å². The maximum atomic E-state index is 12.2. The second kappa shape index (κ2) is 6.63. The number of amides is 1. The van der Waals surface area contributed by atoms with Crippen LogP contribution in [0.1, 0.15) is 31.6 Å². The van der Waals surface area contributed by atoms with E-state index >= 15 is 0 Å². The molecular weight excluding hydrogens is 328 g/mol. The van der Waals surface area contributed by atoms with E-state index in [-0.39, 0.29) is 23.4 Å². The summed E-state index contributed by atoms with van der Waals surface area (Å²) in [6, 6.07) is 14.7. The number of fused-ring (bicyclic) bond motifs is 1. The van der Waals surface area contributed by atoms with E-state index in [1.54, 1.807) is 6.07 Å². The molecule has 1 aliphatic carbocycles. The summed E-state index contributed by atoms with van der Waals surface area (Å²) in [5.41, 5.74) is 2.21. The molecule has 6 heteroatoms. The van der Waals surface area contributed by atoms with Crippen LogP contribution in [0.15, 0.2) is 53.3 Å². The lowest BCUT2D eigenvalue weighted by molar-refractivity contribution is -0.117. The van der Waals surface area contributed by atoms with Gasteiger partial charge in [-0.25, -0.2) is 4.98 Å². The lowest BCUT2D eigenvalue weighted by Crippen LogP contribution is -2.17. The second-order valence-electron chi connectivity index (χ2n) is 6.68. The molecule has 0 radical (unpaired) electrons. The quantitative estimate of drug-likeness (QED) is 0.659. The first kappa shape index (κ1) is 16.3. The van der Waals surface area contributed by atoms with Gasteiger partial charge in [-0.15, -0.1) is 0 Å². The number of para-hydroxylation sites is 1. The summed E-state index contributed by atoms with van der Waals surface area (Å²) in [5.74, 6) is 0.862. The number of hydrogen-bond acceptors (Lipinski definition) is 4. The number of nitrogens with zero attached hydrogens (tertiary/aromatic N) is 1. The molecule has 4 rings (SSSR count). The van der Waals surface area contributed by atoms with Gasteiger partial charge in [-0.2, -0.15) is 0 Å². The van der Waals surface area contributed by atoms with Crippen molar-refractivity contribution in [1.29, 1.82) is 0 Å². The van der Waals surface area contributed by atoms with Gasteiger partial charge >= 0.3 is 0 Å². The Balaban J connectivity index is 1.48. The smallest absolute Gasteiger partial charge is 0.258 e. The molecule has 2 aromatic carbocycles. The molecule has 1 aromatic heterocycles. The Morgan fingerprint density at radius 3 is 2.54 bits per heavy atom. The highest BCUT2D eigenvalue weighted by Gasteiger charge is 2.29. The predicted octanol–water partition coefficient (Wildman–Crippen LogP) is 3.44. The van der Waals surface area contributed by atoms with E-state index in [1.165, 1.54) is 0 Å². The Bertz CT molecular complexity index is 1010. The highest BCUT2D eigenvalue weighted by Crippen LogP contribution is 2.30. The zero-order valence-corrected chi connectivity index (χ0v) is 14.5.